The van der Waals surface area contributed by atoms with Crippen LogP contribution in [0, 0.1) is 0 Å². The summed E-state index contributed by atoms with van der Waals surface area (Å²) in [6, 6.07) is 19.7. The van der Waals surface area contributed by atoms with Crippen LogP contribution in [-0.2, 0) is 6.54 Å². The van der Waals surface area contributed by atoms with Crippen molar-refractivity contribution in [2.75, 3.05) is 37.6 Å². The number of amides is 1. The molecule has 0 spiro atoms. The molecule has 1 aliphatic rings. The highest BCUT2D eigenvalue weighted by atomic mass is 35.5. The molecular weight excluding hydrogens is 436 g/mol. The molecule has 1 aromatic heterocycles. The van der Waals surface area contributed by atoms with E-state index in [9.17, 15) is 4.79 Å². The molecule has 172 valence electrons. The molecule has 2 heterocycles. The number of ether oxygens (including phenoxy) is 1. The Bertz CT molecular complexity index is 1050. The third kappa shape index (κ3) is 6.70. The van der Waals surface area contributed by atoms with Crippen molar-refractivity contribution in [1.82, 2.24) is 15.2 Å². The third-order valence-electron chi connectivity index (χ3n) is 5.66. The lowest BCUT2D eigenvalue weighted by atomic mass is 10.1. The fourth-order valence-corrected chi connectivity index (χ4v) is 4.11. The average molecular weight is 465 g/mol. The summed E-state index contributed by atoms with van der Waals surface area (Å²) in [5, 5.41) is 3.67. The Morgan fingerprint density at radius 3 is 2.67 bits per heavy atom. The highest BCUT2D eigenvalue weighted by Gasteiger charge is 2.18. The molecule has 6 nitrogen and oxygen atoms in total. The first-order chi connectivity index (χ1) is 16.1. The molecule has 0 aliphatic carbocycles. The van der Waals surface area contributed by atoms with E-state index in [2.05, 4.69) is 38.3 Å². The molecule has 0 saturated carbocycles. The summed E-state index contributed by atoms with van der Waals surface area (Å²) < 4.78 is 6.05. The van der Waals surface area contributed by atoms with Crippen molar-refractivity contribution in [2.24, 2.45) is 0 Å². The molecular formula is C26H29ClN4O2. The van der Waals surface area contributed by atoms with Crippen LogP contribution in [0.1, 0.15) is 22.8 Å². The first kappa shape index (κ1) is 23.1. The predicted octanol–water partition coefficient (Wildman–Crippen LogP) is 4.25. The molecule has 2 aromatic carbocycles. The van der Waals surface area contributed by atoms with Crippen molar-refractivity contribution in [3.63, 3.8) is 0 Å². The zero-order valence-electron chi connectivity index (χ0n) is 18.8. The molecule has 3 aromatic rings. The van der Waals surface area contributed by atoms with E-state index in [4.69, 9.17) is 16.3 Å². The Kier molecular flexibility index (Phi) is 7.81. The van der Waals surface area contributed by atoms with E-state index in [1.165, 1.54) is 11.3 Å². The molecule has 1 aliphatic heterocycles. The number of nitrogens with zero attached hydrogens (tertiary/aromatic N) is 3. The highest BCUT2D eigenvalue weighted by Crippen LogP contribution is 2.22. The number of piperazine rings is 1. The van der Waals surface area contributed by atoms with E-state index >= 15 is 0 Å². The van der Waals surface area contributed by atoms with Gasteiger partial charge in [-0.05, 0) is 55.0 Å². The molecule has 1 unspecified atom stereocenters. The van der Waals surface area contributed by atoms with E-state index in [-0.39, 0.29) is 12.0 Å². The SMILES string of the molecule is CC(CNC(=O)c1cccnc1)Oc1cccc(CN2CCN(c3cccc(Cl)c3)CC2)c1. The predicted molar refractivity (Wildman–Crippen MR) is 132 cm³/mol. The number of aromatic nitrogens is 1. The van der Waals surface area contributed by atoms with Gasteiger partial charge < -0.3 is 15.0 Å². The molecule has 33 heavy (non-hydrogen) atoms. The number of halogens is 1. The summed E-state index contributed by atoms with van der Waals surface area (Å²) >= 11 is 6.14. The highest BCUT2D eigenvalue weighted by molar-refractivity contribution is 6.30. The van der Waals surface area contributed by atoms with E-state index < -0.39 is 0 Å². The number of hydrogen-bond donors (Lipinski definition) is 1. The van der Waals surface area contributed by atoms with Crippen molar-refractivity contribution in [2.45, 2.75) is 19.6 Å². The van der Waals surface area contributed by atoms with Crippen LogP contribution in [-0.4, -0.2) is 54.6 Å². The second kappa shape index (κ2) is 11.2. The first-order valence-electron chi connectivity index (χ1n) is 11.2. The maximum absolute atomic E-state index is 12.2. The van der Waals surface area contributed by atoms with Crippen molar-refractivity contribution in [3.05, 3.63) is 89.2 Å². The maximum Gasteiger partial charge on any atom is 0.252 e. The standard InChI is InChI=1S/C26H29ClN4O2/c1-20(17-29-26(32)22-6-4-10-28-18-22)33-25-9-2-5-21(15-25)19-30-11-13-31(14-12-30)24-8-3-7-23(27)16-24/h2-10,15-16,18,20H,11-14,17,19H2,1H3,(H,29,32). The summed E-state index contributed by atoms with van der Waals surface area (Å²) in [4.78, 5) is 21.0. The topological polar surface area (TPSA) is 57.7 Å². The fraction of sp³-hybridized carbons (Fsp3) is 0.308. The van der Waals surface area contributed by atoms with Crippen LogP contribution in [0.25, 0.3) is 0 Å². The summed E-state index contributed by atoms with van der Waals surface area (Å²) in [5.41, 5.74) is 2.94. The van der Waals surface area contributed by atoms with Gasteiger partial charge in [-0.3, -0.25) is 14.7 Å². The van der Waals surface area contributed by atoms with Crippen molar-refractivity contribution in [3.8, 4) is 5.75 Å². The minimum Gasteiger partial charge on any atom is -0.489 e. The van der Waals surface area contributed by atoms with Gasteiger partial charge in [0.25, 0.3) is 5.91 Å². The molecule has 1 N–H and O–H groups in total. The molecule has 0 bridgehead atoms. The zero-order valence-corrected chi connectivity index (χ0v) is 19.5. The molecule has 4 rings (SSSR count). The Morgan fingerprint density at radius 1 is 1.09 bits per heavy atom. The number of rotatable bonds is 8. The lowest BCUT2D eigenvalue weighted by Crippen LogP contribution is -2.45. The minimum atomic E-state index is -0.151. The van der Waals surface area contributed by atoms with Crippen LogP contribution in [0.5, 0.6) is 5.75 Å². The lowest BCUT2D eigenvalue weighted by molar-refractivity contribution is 0.0932. The van der Waals surface area contributed by atoms with Crippen molar-refractivity contribution < 1.29 is 9.53 Å². The van der Waals surface area contributed by atoms with Gasteiger partial charge in [0.2, 0.25) is 0 Å². The fourth-order valence-electron chi connectivity index (χ4n) is 3.92. The number of carbonyl (C=O) groups is 1. The molecule has 7 heteroatoms. The van der Waals surface area contributed by atoms with Crippen molar-refractivity contribution in [1.29, 1.82) is 0 Å². The van der Waals surface area contributed by atoms with E-state index in [1.54, 1.807) is 24.5 Å². The number of nitrogens with one attached hydrogen (secondary N) is 1. The lowest BCUT2D eigenvalue weighted by Gasteiger charge is -2.36. The number of anilines is 1. The summed E-state index contributed by atoms with van der Waals surface area (Å²) in [6.07, 6.45) is 3.05. The third-order valence-corrected chi connectivity index (χ3v) is 5.90. The van der Waals surface area contributed by atoms with Gasteiger partial charge in [0.15, 0.2) is 0 Å². The van der Waals surface area contributed by atoms with Gasteiger partial charge in [-0.25, -0.2) is 0 Å². The van der Waals surface area contributed by atoms with E-state index in [0.29, 0.717) is 12.1 Å². The number of benzene rings is 2. The monoisotopic (exact) mass is 464 g/mol. The van der Waals surface area contributed by atoms with Crippen molar-refractivity contribution >= 4 is 23.2 Å². The summed E-state index contributed by atoms with van der Waals surface area (Å²) in [6.45, 7) is 7.19. The Hall–Kier alpha value is -3.09. The van der Waals surface area contributed by atoms with Crippen LogP contribution in [0.2, 0.25) is 5.02 Å². The van der Waals surface area contributed by atoms with Gasteiger partial charge >= 0.3 is 0 Å². The second-order valence-corrected chi connectivity index (χ2v) is 8.71. The van der Waals surface area contributed by atoms with Gasteiger partial charge in [-0.15, -0.1) is 0 Å². The van der Waals surface area contributed by atoms with Crippen LogP contribution in [0.3, 0.4) is 0 Å². The number of pyridine rings is 1. The summed E-state index contributed by atoms with van der Waals surface area (Å²) in [5.74, 6) is 0.664. The normalized spacial score (nSPS) is 15.2. The first-order valence-corrected chi connectivity index (χ1v) is 11.6. The Morgan fingerprint density at radius 2 is 1.91 bits per heavy atom. The van der Waals surface area contributed by atoms with E-state index in [1.807, 2.05) is 37.3 Å². The van der Waals surface area contributed by atoms with Crippen LogP contribution >= 0.6 is 11.6 Å². The van der Waals surface area contributed by atoms with Gasteiger partial charge in [0, 0.05) is 55.8 Å². The largest absolute Gasteiger partial charge is 0.489 e. The number of hydrogen-bond acceptors (Lipinski definition) is 5. The number of carbonyl (C=O) groups excluding carboxylic acids is 1. The molecule has 1 fully saturated rings. The van der Waals surface area contributed by atoms with Crippen LogP contribution < -0.4 is 15.0 Å². The Balaban J connectivity index is 1.24. The van der Waals surface area contributed by atoms with Crippen LogP contribution in [0.15, 0.2) is 73.1 Å². The van der Waals surface area contributed by atoms with Crippen LogP contribution in [0.4, 0.5) is 5.69 Å². The van der Waals surface area contributed by atoms with Gasteiger partial charge in [-0.1, -0.05) is 29.8 Å². The maximum atomic E-state index is 12.2. The second-order valence-electron chi connectivity index (χ2n) is 8.27. The summed E-state index contributed by atoms with van der Waals surface area (Å²) in [7, 11) is 0. The van der Waals surface area contributed by atoms with Gasteiger partial charge in [0.1, 0.15) is 11.9 Å². The molecule has 1 atom stereocenters. The zero-order chi connectivity index (χ0) is 23.0. The van der Waals surface area contributed by atoms with Gasteiger partial charge in [-0.2, -0.15) is 0 Å². The quantitative estimate of drug-likeness (QED) is 0.540. The molecule has 1 amide bonds. The van der Waals surface area contributed by atoms with E-state index in [0.717, 1.165) is 43.5 Å². The minimum absolute atomic E-state index is 0.149. The molecule has 0 radical (unpaired) electrons. The van der Waals surface area contributed by atoms with Gasteiger partial charge in [0.05, 0.1) is 12.1 Å². The molecule has 1 saturated heterocycles. The average Bonchev–Trinajstić information content (AvgIpc) is 2.84. The Labute approximate surface area is 200 Å². The smallest absolute Gasteiger partial charge is 0.252 e.